The van der Waals surface area contributed by atoms with Crippen molar-refractivity contribution in [1.29, 1.82) is 0 Å². The van der Waals surface area contributed by atoms with Crippen LogP contribution in [0, 0.1) is 6.20 Å². The second-order valence-corrected chi connectivity index (χ2v) is 3.43. The van der Waals surface area contributed by atoms with E-state index < -0.39 is 0 Å². The molecule has 0 unspecified atom stereocenters. The molecule has 1 heterocycles. The summed E-state index contributed by atoms with van der Waals surface area (Å²) >= 11 is 0. The van der Waals surface area contributed by atoms with Crippen molar-refractivity contribution in [2.75, 3.05) is 6.61 Å². The average Bonchev–Trinajstić information content (AvgIpc) is 2.40. The summed E-state index contributed by atoms with van der Waals surface area (Å²) in [5.74, 6) is -0.343. The van der Waals surface area contributed by atoms with Crippen LogP contribution in [-0.2, 0) is 4.74 Å². The van der Waals surface area contributed by atoms with E-state index in [2.05, 4.69) is 11.2 Å². The Morgan fingerprint density at radius 1 is 1.29 bits per heavy atom. The Labute approximate surface area is 100 Å². The highest BCUT2D eigenvalue weighted by atomic mass is 16.5. The summed E-state index contributed by atoms with van der Waals surface area (Å²) in [5, 5.41) is 0. The molecule has 0 saturated heterocycles. The zero-order chi connectivity index (χ0) is 12.1. The van der Waals surface area contributed by atoms with Crippen molar-refractivity contribution < 1.29 is 9.53 Å². The Morgan fingerprint density at radius 3 is 2.76 bits per heavy atom. The minimum Gasteiger partial charge on any atom is -0.462 e. The molecule has 0 bridgehead atoms. The minimum absolute atomic E-state index is 0.343. The molecule has 0 aliphatic rings. The lowest BCUT2D eigenvalue weighted by Gasteiger charge is -2.07. The number of rotatable bonds is 3. The second-order valence-electron chi connectivity index (χ2n) is 3.43. The van der Waals surface area contributed by atoms with Gasteiger partial charge in [0.2, 0.25) is 0 Å². The van der Waals surface area contributed by atoms with E-state index >= 15 is 0 Å². The number of nitrogens with zero attached hydrogens (tertiary/aromatic N) is 1. The molecule has 1 aromatic carbocycles. The second kappa shape index (κ2) is 5.25. The van der Waals surface area contributed by atoms with Gasteiger partial charge in [-0.15, -0.1) is 0 Å². The fraction of sp³-hybridized carbons (Fsp3) is 0.143. The van der Waals surface area contributed by atoms with E-state index in [1.807, 2.05) is 30.3 Å². The van der Waals surface area contributed by atoms with Gasteiger partial charge < -0.3 is 4.74 Å². The first-order chi connectivity index (χ1) is 8.33. The van der Waals surface area contributed by atoms with E-state index in [0.717, 1.165) is 5.56 Å². The molecule has 0 aliphatic carbocycles. The first kappa shape index (κ1) is 11.3. The van der Waals surface area contributed by atoms with Gasteiger partial charge in [0, 0.05) is 11.8 Å². The number of ether oxygens (including phenoxy) is 1. The summed E-state index contributed by atoms with van der Waals surface area (Å²) in [7, 11) is 0. The van der Waals surface area contributed by atoms with Gasteiger partial charge in [0.1, 0.15) is 0 Å². The van der Waals surface area contributed by atoms with Crippen molar-refractivity contribution in [3.63, 3.8) is 0 Å². The number of benzene rings is 1. The fourth-order valence-electron chi connectivity index (χ4n) is 1.56. The van der Waals surface area contributed by atoms with Gasteiger partial charge >= 0.3 is 5.97 Å². The van der Waals surface area contributed by atoms with Crippen LogP contribution < -0.4 is 0 Å². The first-order valence-electron chi connectivity index (χ1n) is 5.42. The molecule has 85 valence electrons. The number of hydrogen-bond donors (Lipinski definition) is 0. The number of carbonyl (C=O) groups excluding carboxylic acids is 1. The molecule has 0 spiro atoms. The van der Waals surface area contributed by atoms with Crippen LogP contribution in [0.5, 0.6) is 0 Å². The molecule has 0 saturated carbocycles. The fourth-order valence-corrected chi connectivity index (χ4v) is 1.56. The van der Waals surface area contributed by atoms with Crippen LogP contribution in [0.1, 0.15) is 17.3 Å². The Balaban J connectivity index is 2.45. The van der Waals surface area contributed by atoms with Crippen LogP contribution in [0.3, 0.4) is 0 Å². The summed E-state index contributed by atoms with van der Waals surface area (Å²) in [6, 6.07) is 11.2. The van der Waals surface area contributed by atoms with Gasteiger partial charge in [0.25, 0.3) is 0 Å². The smallest absolute Gasteiger partial charge is 0.338 e. The van der Waals surface area contributed by atoms with E-state index in [4.69, 9.17) is 4.74 Å². The number of hydrogen-bond acceptors (Lipinski definition) is 3. The van der Waals surface area contributed by atoms with Gasteiger partial charge in [-0.25, -0.2) is 4.79 Å². The van der Waals surface area contributed by atoms with E-state index in [9.17, 15) is 4.79 Å². The highest BCUT2D eigenvalue weighted by Gasteiger charge is 2.13. The number of esters is 1. The van der Waals surface area contributed by atoms with E-state index in [1.54, 1.807) is 19.2 Å². The normalized spacial score (nSPS) is 9.94. The topological polar surface area (TPSA) is 39.2 Å². The highest BCUT2D eigenvalue weighted by Crippen LogP contribution is 2.22. The lowest BCUT2D eigenvalue weighted by molar-refractivity contribution is 0.0527. The lowest BCUT2D eigenvalue weighted by atomic mass is 10.0. The van der Waals surface area contributed by atoms with Gasteiger partial charge in [-0.2, -0.15) is 0 Å². The number of carbonyl (C=O) groups is 1. The molecule has 2 rings (SSSR count). The van der Waals surface area contributed by atoms with Crippen molar-refractivity contribution >= 4 is 5.97 Å². The van der Waals surface area contributed by atoms with Crippen LogP contribution in [0.4, 0.5) is 0 Å². The average molecular weight is 226 g/mol. The molecule has 0 amide bonds. The third-order valence-electron chi connectivity index (χ3n) is 2.32. The van der Waals surface area contributed by atoms with Gasteiger partial charge in [-0.05, 0) is 18.6 Å². The molecule has 3 heteroatoms. The Morgan fingerprint density at radius 2 is 2.06 bits per heavy atom. The van der Waals surface area contributed by atoms with Crippen molar-refractivity contribution in [2.45, 2.75) is 6.92 Å². The van der Waals surface area contributed by atoms with Crippen LogP contribution in [0.25, 0.3) is 11.1 Å². The van der Waals surface area contributed by atoms with Crippen molar-refractivity contribution in [1.82, 2.24) is 4.98 Å². The van der Waals surface area contributed by atoms with Crippen LogP contribution in [0.15, 0.2) is 42.6 Å². The third kappa shape index (κ3) is 2.50. The van der Waals surface area contributed by atoms with Crippen molar-refractivity contribution in [3.05, 3.63) is 54.4 Å². The largest absolute Gasteiger partial charge is 0.462 e. The van der Waals surface area contributed by atoms with E-state index in [0.29, 0.717) is 17.7 Å². The maximum Gasteiger partial charge on any atom is 0.338 e. The molecule has 17 heavy (non-hydrogen) atoms. The predicted octanol–water partition coefficient (Wildman–Crippen LogP) is 2.73. The zero-order valence-electron chi connectivity index (χ0n) is 9.51. The molecule has 0 aliphatic heterocycles. The van der Waals surface area contributed by atoms with E-state index in [1.165, 1.54) is 0 Å². The standard InChI is InChI=1S/C14H12NO2/c1-2-17-14(16)12-8-9-15-10-13(12)11-6-4-3-5-7-11/h3-9H,2H2,1H3. The Hall–Kier alpha value is -2.16. The van der Waals surface area contributed by atoms with Gasteiger partial charge in [0.15, 0.2) is 0 Å². The molecule has 3 nitrogen and oxygen atoms in total. The van der Waals surface area contributed by atoms with Crippen LogP contribution in [-0.4, -0.2) is 17.6 Å². The summed E-state index contributed by atoms with van der Waals surface area (Å²) in [6.07, 6.45) is 4.38. The van der Waals surface area contributed by atoms with Gasteiger partial charge in [-0.3, -0.25) is 4.98 Å². The molecule has 0 fully saturated rings. The quantitative estimate of drug-likeness (QED) is 0.755. The molecule has 1 aromatic heterocycles. The maximum absolute atomic E-state index is 11.8. The summed E-state index contributed by atoms with van der Waals surface area (Å²) in [5.41, 5.74) is 2.07. The first-order valence-corrected chi connectivity index (χ1v) is 5.42. The van der Waals surface area contributed by atoms with E-state index in [-0.39, 0.29) is 5.97 Å². The van der Waals surface area contributed by atoms with Crippen LogP contribution >= 0.6 is 0 Å². The molecular formula is C14H12NO2. The van der Waals surface area contributed by atoms with Gasteiger partial charge in [-0.1, -0.05) is 30.3 Å². The molecule has 0 N–H and O–H groups in total. The third-order valence-corrected chi connectivity index (χ3v) is 2.32. The maximum atomic E-state index is 11.8. The zero-order valence-corrected chi connectivity index (χ0v) is 9.51. The Bertz CT molecular complexity index is 509. The molecule has 2 aromatic rings. The lowest BCUT2D eigenvalue weighted by Crippen LogP contribution is -2.06. The Kier molecular flexibility index (Phi) is 3.50. The summed E-state index contributed by atoms with van der Waals surface area (Å²) in [6.45, 7) is 2.14. The minimum atomic E-state index is -0.343. The van der Waals surface area contributed by atoms with Crippen molar-refractivity contribution in [2.24, 2.45) is 0 Å². The molecule has 1 radical (unpaired) electrons. The SMILES string of the molecule is CCOC(=O)c1ccn[c]c1-c1ccccc1. The molecular weight excluding hydrogens is 214 g/mol. The summed E-state index contributed by atoms with van der Waals surface area (Å²) in [4.78, 5) is 15.7. The monoisotopic (exact) mass is 226 g/mol. The van der Waals surface area contributed by atoms with Crippen LogP contribution in [0.2, 0.25) is 0 Å². The summed E-state index contributed by atoms with van der Waals surface area (Å²) < 4.78 is 5.00. The number of pyridine rings is 1. The highest BCUT2D eigenvalue weighted by molar-refractivity contribution is 5.96. The predicted molar refractivity (Wildman–Crippen MR) is 64.5 cm³/mol. The van der Waals surface area contributed by atoms with Crippen molar-refractivity contribution in [3.8, 4) is 11.1 Å². The van der Waals surface area contributed by atoms with Gasteiger partial charge in [0.05, 0.1) is 18.4 Å². The molecule has 0 atom stereocenters. The number of aromatic nitrogens is 1.